The zero-order valence-electron chi connectivity index (χ0n) is 9.60. The molecule has 1 rings (SSSR count). The second kappa shape index (κ2) is 5.27. The predicted molar refractivity (Wildman–Crippen MR) is 59.4 cm³/mol. The van der Waals surface area contributed by atoms with E-state index < -0.39 is 42.9 Å². The minimum atomic E-state index is -5.00. The van der Waals surface area contributed by atoms with Crippen LogP contribution in [0.15, 0.2) is 0 Å². The minimum absolute atomic E-state index is 0.0876. The molecule has 112 valence electrons. The number of hydrogen-bond donors (Lipinski definition) is 1. The van der Waals surface area contributed by atoms with Crippen molar-refractivity contribution in [3.63, 3.8) is 0 Å². The number of carbonyl (C=O) groups is 1. The molecule has 1 N–H and O–H groups in total. The zero-order valence-corrected chi connectivity index (χ0v) is 11.2. The third-order valence-electron chi connectivity index (χ3n) is 2.48. The van der Waals surface area contributed by atoms with Crippen LogP contribution < -0.4 is 4.72 Å². The Morgan fingerprint density at radius 3 is 2.32 bits per heavy atom. The lowest BCUT2D eigenvalue weighted by atomic mass is 10.2. The molecule has 0 saturated carbocycles. The summed E-state index contributed by atoms with van der Waals surface area (Å²) < 4.78 is 82.2. The summed E-state index contributed by atoms with van der Waals surface area (Å²) in [6.45, 7) is 0. The standard InChI is InChI=1S/C8H12F3NO5S2/c9-8(10,11)5-19(16,17)12-7(13)6-3-1-2-4-18(6,14)15/h6H,1-5H2,(H,12,13). The summed E-state index contributed by atoms with van der Waals surface area (Å²) in [5, 5.41) is -1.59. The van der Waals surface area contributed by atoms with Crippen LogP contribution in [-0.2, 0) is 24.7 Å². The third kappa shape index (κ3) is 4.97. The van der Waals surface area contributed by atoms with E-state index in [4.69, 9.17) is 0 Å². The van der Waals surface area contributed by atoms with E-state index in [0.717, 1.165) is 0 Å². The first-order chi connectivity index (χ1) is 8.43. The normalized spacial score (nSPS) is 23.8. The molecule has 0 spiro atoms. The molecule has 19 heavy (non-hydrogen) atoms. The summed E-state index contributed by atoms with van der Waals surface area (Å²) in [5.74, 6) is -3.91. The van der Waals surface area contributed by atoms with Crippen LogP contribution in [0.25, 0.3) is 0 Å². The highest BCUT2D eigenvalue weighted by atomic mass is 32.2. The number of sulfonamides is 1. The minimum Gasteiger partial charge on any atom is -0.273 e. The van der Waals surface area contributed by atoms with E-state index in [1.54, 1.807) is 0 Å². The maximum absolute atomic E-state index is 11.9. The lowest BCUT2D eigenvalue weighted by molar-refractivity contribution is -0.119. The number of amides is 1. The Hall–Kier alpha value is -0.840. The van der Waals surface area contributed by atoms with Crippen molar-refractivity contribution in [1.29, 1.82) is 0 Å². The van der Waals surface area contributed by atoms with Crippen LogP contribution in [-0.4, -0.2) is 45.7 Å². The first-order valence-electron chi connectivity index (χ1n) is 5.26. The summed E-state index contributed by atoms with van der Waals surface area (Å²) in [4.78, 5) is 11.5. The summed E-state index contributed by atoms with van der Waals surface area (Å²) >= 11 is 0. The SMILES string of the molecule is O=C(NS(=O)(=O)CC(F)(F)F)C1CCCCS1(=O)=O. The summed E-state index contributed by atoms with van der Waals surface area (Å²) in [5.41, 5.74) is 0. The third-order valence-corrected chi connectivity index (χ3v) is 5.87. The number of rotatable bonds is 3. The Labute approximate surface area is 108 Å². The zero-order chi connectivity index (χ0) is 14.9. The molecule has 1 unspecified atom stereocenters. The Bertz CT molecular complexity index is 551. The van der Waals surface area contributed by atoms with Crippen molar-refractivity contribution in [2.24, 2.45) is 0 Å². The average molecular weight is 323 g/mol. The molecule has 0 aliphatic carbocycles. The number of sulfone groups is 1. The van der Waals surface area contributed by atoms with Crippen LogP contribution in [0.4, 0.5) is 13.2 Å². The van der Waals surface area contributed by atoms with Gasteiger partial charge in [-0.15, -0.1) is 0 Å². The van der Waals surface area contributed by atoms with Crippen molar-refractivity contribution in [1.82, 2.24) is 4.72 Å². The largest absolute Gasteiger partial charge is 0.404 e. The van der Waals surface area contributed by atoms with Gasteiger partial charge in [-0.05, 0) is 12.8 Å². The molecule has 6 nitrogen and oxygen atoms in total. The highest BCUT2D eigenvalue weighted by Crippen LogP contribution is 2.21. The van der Waals surface area contributed by atoms with E-state index in [2.05, 4.69) is 0 Å². The molecule has 1 atom stereocenters. The van der Waals surface area contributed by atoms with Gasteiger partial charge in [-0.25, -0.2) is 16.8 Å². The van der Waals surface area contributed by atoms with E-state index in [0.29, 0.717) is 12.8 Å². The molecule has 0 radical (unpaired) electrons. The molecular formula is C8H12F3NO5S2. The fraction of sp³-hybridized carbons (Fsp3) is 0.875. The van der Waals surface area contributed by atoms with Crippen molar-refractivity contribution < 1.29 is 34.8 Å². The van der Waals surface area contributed by atoms with Crippen LogP contribution in [0.5, 0.6) is 0 Å². The Morgan fingerprint density at radius 2 is 1.84 bits per heavy atom. The fourth-order valence-corrected chi connectivity index (χ4v) is 4.55. The van der Waals surface area contributed by atoms with Crippen molar-refractivity contribution in [3.8, 4) is 0 Å². The Kier molecular flexibility index (Phi) is 4.50. The van der Waals surface area contributed by atoms with Crippen molar-refractivity contribution in [2.45, 2.75) is 30.7 Å². The van der Waals surface area contributed by atoms with Gasteiger partial charge in [-0.3, -0.25) is 9.52 Å². The van der Waals surface area contributed by atoms with Crippen LogP contribution in [0.3, 0.4) is 0 Å². The molecule has 1 fully saturated rings. The van der Waals surface area contributed by atoms with Gasteiger partial charge < -0.3 is 0 Å². The maximum atomic E-state index is 11.9. The van der Waals surface area contributed by atoms with Crippen LogP contribution in [0, 0.1) is 0 Å². The second-order valence-corrected chi connectivity index (χ2v) is 8.22. The van der Waals surface area contributed by atoms with Gasteiger partial charge in [0.1, 0.15) is 5.25 Å². The molecule has 0 bridgehead atoms. The average Bonchev–Trinajstić information content (AvgIpc) is 2.11. The highest BCUT2D eigenvalue weighted by molar-refractivity contribution is 7.93. The molecule has 1 amide bonds. The van der Waals surface area contributed by atoms with E-state index in [1.165, 1.54) is 4.72 Å². The maximum Gasteiger partial charge on any atom is 0.404 e. The van der Waals surface area contributed by atoms with E-state index in [9.17, 15) is 34.8 Å². The van der Waals surface area contributed by atoms with Crippen molar-refractivity contribution >= 4 is 25.8 Å². The molecular weight excluding hydrogens is 311 g/mol. The van der Waals surface area contributed by atoms with Gasteiger partial charge in [0.05, 0.1) is 5.75 Å². The molecule has 11 heteroatoms. The molecule has 1 heterocycles. The highest BCUT2D eigenvalue weighted by Gasteiger charge is 2.40. The molecule has 0 aromatic heterocycles. The fourth-order valence-electron chi connectivity index (χ4n) is 1.72. The number of carbonyl (C=O) groups excluding carboxylic acids is 1. The Balaban J connectivity index is 2.80. The quantitative estimate of drug-likeness (QED) is 0.786. The van der Waals surface area contributed by atoms with Gasteiger partial charge in [-0.2, -0.15) is 13.2 Å². The number of nitrogens with one attached hydrogen (secondary N) is 1. The molecule has 1 aliphatic rings. The smallest absolute Gasteiger partial charge is 0.273 e. The topological polar surface area (TPSA) is 97.4 Å². The van der Waals surface area contributed by atoms with Gasteiger partial charge in [0.25, 0.3) is 5.91 Å². The first-order valence-corrected chi connectivity index (χ1v) is 8.62. The lowest BCUT2D eigenvalue weighted by Gasteiger charge is -2.21. The first kappa shape index (κ1) is 16.2. The van der Waals surface area contributed by atoms with Crippen LogP contribution in [0.2, 0.25) is 0 Å². The summed E-state index contributed by atoms with van der Waals surface area (Å²) in [7, 11) is -8.72. The van der Waals surface area contributed by atoms with Crippen molar-refractivity contribution in [2.75, 3.05) is 11.5 Å². The monoisotopic (exact) mass is 323 g/mol. The van der Waals surface area contributed by atoms with E-state index in [-0.39, 0.29) is 12.2 Å². The molecule has 0 aromatic rings. The van der Waals surface area contributed by atoms with Crippen molar-refractivity contribution in [3.05, 3.63) is 0 Å². The van der Waals surface area contributed by atoms with Crippen LogP contribution >= 0.6 is 0 Å². The molecule has 1 aliphatic heterocycles. The van der Waals surface area contributed by atoms with E-state index in [1.807, 2.05) is 0 Å². The summed E-state index contributed by atoms with van der Waals surface area (Å²) in [6, 6.07) is 0. The number of hydrogen-bond acceptors (Lipinski definition) is 5. The van der Waals surface area contributed by atoms with Gasteiger partial charge in [-0.1, -0.05) is 6.42 Å². The van der Waals surface area contributed by atoms with E-state index >= 15 is 0 Å². The lowest BCUT2D eigenvalue weighted by Crippen LogP contribution is -2.47. The second-order valence-electron chi connectivity index (χ2n) is 4.19. The number of alkyl halides is 3. The molecule has 0 aromatic carbocycles. The molecule has 1 saturated heterocycles. The van der Waals surface area contributed by atoms with Gasteiger partial charge in [0.15, 0.2) is 15.6 Å². The van der Waals surface area contributed by atoms with Gasteiger partial charge >= 0.3 is 6.18 Å². The predicted octanol–water partition coefficient (Wildman–Crippen LogP) is -0.0380. The van der Waals surface area contributed by atoms with Crippen LogP contribution in [0.1, 0.15) is 19.3 Å². The van der Waals surface area contributed by atoms with Gasteiger partial charge in [0.2, 0.25) is 10.0 Å². The number of halogens is 3. The van der Waals surface area contributed by atoms with Gasteiger partial charge in [0, 0.05) is 0 Å². The Morgan fingerprint density at radius 1 is 1.26 bits per heavy atom. The summed E-state index contributed by atoms with van der Waals surface area (Å²) in [6.07, 6.45) is -4.34.